The summed E-state index contributed by atoms with van der Waals surface area (Å²) in [5.41, 5.74) is 0. The van der Waals surface area contributed by atoms with Gasteiger partial charge in [0.15, 0.2) is 0 Å². The number of nitrogens with zero attached hydrogens (tertiary/aromatic N) is 2. The standard InChI is InChI=1S/C22H37N3O/c1-3-8-20(9-4-1)24-15-11-19(12-16-24)23-18-21(22-10-7-17-26-22)25-13-5-2-6-14-25/h7,10,17,19-21,23H,1-6,8-9,11-16,18H2. The fourth-order valence-electron chi connectivity index (χ4n) is 5.31. The molecule has 0 radical (unpaired) electrons. The molecule has 146 valence electrons. The predicted octanol–water partition coefficient (Wildman–Crippen LogP) is 4.19. The van der Waals surface area contributed by atoms with E-state index in [0.29, 0.717) is 12.1 Å². The van der Waals surface area contributed by atoms with Crippen molar-refractivity contribution >= 4 is 0 Å². The van der Waals surface area contributed by atoms with Crippen molar-refractivity contribution in [1.82, 2.24) is 15.1 Å². The fourth-order valence-corrected chi connectivity index (χ4v) is 5.31. The Bertz CT molecular complexity index is 497. The molecule has 1 atom stereocenters. The summed E-state index contributed by atoms with van der Waals surface area (Å²) in [4.78, 5) is 5.42. The van der Waals surface area contributed by atoms with E-state index in [4.69, 9.17) is 4.42 Å². The van der Waals surface area contributed by atoms with Gasteiger partial charge in [0, 0.05) is 18.6 Å². The van der Waals surface area contributed by atoms with Gasteiger partial charge in [0.1, 0.15) is 5.76 Å². The Kier molecular flexibility index (Phi) is 6.68. The molecule has 2 saturated heterocycles. The predicted molar refractivity (Wildman–Crippen MR) is 106 cm³/mol. The molecule has 4 heteroatoms. The first-order valence-corrected chi connectivity index (χ1v) is 11.1. The zero-order valence-electron chi connectivity index (χ0n) is 16.4. The second-order valence-corrected chi connectivity index (χ2v) is 8.64. The largest absolute Gasteiger partial charge is 0.468 e. The van der Waals surface area contributed by atoms with Crippen molar-refractivity contribution < 1.29 is 4.42 Å². The van der Waals surface area contributed by atoms with Crippen molar-refractivity contribution in [2.24, 2.45) is 0 Å². The van der Waals surface area contributed by atoms with Crippen molar-refractivity contribution in [3.05, 3.63) is 24.2 Å². The van der Waals surface area contributed by atoms with Crippen LogP contribution in [0.25, 0.3) is 0 Å². The third-order valence-electron chi connectivity index (χ3n) is 6.92. The Balaban J connectivity index is 1.26. The van der Waals surface area contributed by atoms with Gasteiger partial charge in [-0.3, -0.25) is 4.90 Å². The SMILES string of the molecule is c1coc(C(CNC2CCN(C3CCCCC3)CC2)N2CCCCC2)c1. The topological polar surface area (TPSA) is 31.7 Å². The molecular formula is C22H37N3O. The van der Waals surface area contributed by atoms with E-state index < -0.39 is 0 Å². The monoisotopic (exact) mass is 359 g/mol. The Morgan fingerprint density at radius 1 is 0.923 bits per heavy atom. The first-order chi connectivity index (χ1) is 12.9. The third kappa shape index (κ3) is 4.71. The van der Waals surface area contributed by atoms with Crippen LogP contribution in [0.1, 0.15) is 76.0 Å². The molecule has 4 nitrogen and oxygen atoms in total. The van der Waals surface area contributed by atoms with Crippen LogP contribution in [-0.2, 0) is 0 Å². The average Bonchev–Trinajstić information content (AvgIpc) is 3.25. The van der Waals surface area contributed by atoms with E-state index in [1.165, 1.54) is 90.4 Å². The number of hydrogen-bond donors (Lipinski definition) is 1. The first-order valence-electron chi connectivity index (χ1n) is 11.1. The highest BCUT2D eigenvalue weighted by Gasteiger charge is 2.28. The molecule has 1 aliphatic carbocycles. The van der Waals surface area contributed by atoms with Crippen molar-refractivity contribution in [3.8, 4) is 0 Å². The van der Waals surface area contributed by atoms with Crippen molar-refractivity contribution in [1.29, 1.82) is 0 Å². The Morgan fingerprint density at radius 2 is 1.65 bits per heavy atom. The maximum atomic E-state index is 5.80. The second-order valence-electron chi connectivity index (χ2n) is 8.64. The Labute approximate surface area is 159 Å². The van der Waals surface area contributed by atoms with E-state index in [1.54, 1.807) is 0 Å². The third-order valence-corrected chi connectivity index (χ3v) is 6.92. The molecule has 1 aromatic heterocycles. The smallest absolute Gasteiger partial charge is 0.122 e. The molecule has 4 rings (SSSR count). The molecule has 1 N–H and O–H groups in total. The second kappa shape index (κ2) is 9.38. The molecule has 0 aromatic carbocycles. The molecule has 26 heavy (non-hydrogen) atoms. The van der Waals surface area contributed by atoms with Gasteiger partial charge in [-0.25, -0.2) is 0 Å². The van der Waals surface area contributed by atoms with Crippen LogP contribution in [0.15, 0.2) is 22.8 Å². The van der Waals surface area contributed by atoms with Crippen LogP contribution in [0.2, 0.25) is 0 Å². The lowest BCUT2D eigenvalue weighted by Crippen LogP contribution is -2.49. The van der Waals surface area contributed by atoms with Gasteiger partial charge in [0.25, 0.3) is 0 Å². The quantitative estimate of drug-likeness (QED) is 0.825. The number of hydrogen-bond acceptors (Lipinski definition) is 4. The fraction of sp³-hybridized carbons (Fsp3) is 0.818. The maximum absolute atomic E-state index is 5.80. The summed E-state index contributed by atoms with van der Waals surface area (Å²) >= 11 is 0. The molecule has 1 aromatic rings. The van der Waals surface area contributed by atoms with Crippen LogP contribution in [0.5, 0.6) is 0 Å². The Hall–Kier alpha value is -0.840. The minimum Gasteiger partial charge on any atom is -0.468 e. The van der Waals surface area contributed by atoms with E-state index in [9.17, 15) is 0 Å². The van der Waals surface area contributed by atoms with Gasteiger partial charge >= 0.3 is 0 Å². The van der Waals surface area contributed by atoms with Crippen LogP contribution in [-0.4, -0.2) is 54.6 Å². The molecule has 1 saturated carbocycles. The van der Waals surface area contributed by atoms with Crippen LogP contribution in [0.4, 0.5) is 0 Å². The molecule has 3 fully saturated rings. The number of furan rings is 1. The van der Waals surface area contributed by atoms with Gasteiger partial charge in [0.05, 0.1) is 12.3 Å². The molecule has 3 heterocycles. The highest BCUT2D eigenvalue weighted by molar-refractivity contribution is 5.06. The highest BCUT2D eigenvalue weighted by atomic mass is 16.3. The van der Waals surface area contributed by atoms with Gasteiger partial charge < -0.3 is 14.6 Å². The molecule has 0 amide bonds. The number of likely N-dealkylation sites (tertiary alicyclic amines) is 2. The lowest BCUT2D eigenvalue weighted by atomic mass is 9.92. The van der Waals surface area contributed by atoms with Crippen molar-refractivity contribution in [2.45, 2.75) is 82.3 Å². The molecule has 3 aliphatic rings. The van der Waals surface area contributed by atoms with E-state index in [2.05, 4.69) is 21.2 Å². The number of nitrogens with one attached hydrogen (secondary N) is 1. The molecule has 0 spiro atoms. The zero-order valence-corrected chi connectivity index (χ0v) is 16.4. The van der Waals surface area contributed by atoms with E-state index in [1.807, 2.05) is 12.3 Å². The number of rotatable bonds is 6. The van der Waals surface area contributed by atoms with E-state index in [0.717, 1.165) is 18.3 Å². The van der Waals surface area contributed by atoms with Gasteiger partial charge in [-0.2, -0.15) is 0 Å². The zero-order chi connectivity index (χ0) is 17.6. The summed E-state index contributed by atoms with van der Waals surface area (Å²) in [6.07, 6.45) is 15.7. The molecular weight excluding hydrogens is 322 g/mol. The van der Waals surface area contributed by atoms with Crippen molar-refractivity contribution in [3.63, 3.8) is 0 Å². The summed E-state index contributed by atoms with van der Waals surface area (Å²) in [5.74, 6) is 1.14. The van der Waals surface area contributed by atoms with Gasteiger partial charge in [0.2, 0.25) is 0 Å². The normalized spacial score (nSPS) is 26.2. The lowest BCUT2D eigenvalue weighted by Gasteiger charge is -2.40. The summed E-state index contributed by atoms with van der Waals surface area (Å²) in [6, 6.07) is 6.16. The summed E-state index contributed by atoms with van der Waals surface area (Å²) in [6.45, 7) is 6.04. The van der Waals surface area contributed by atoms with Crippen LogP contribution >= 0.6 is 0 Å². The van der Waals surface area contributed by atoms with Gasteiger partial charge in [-0.05, 0) is 76.8 Å². The highest BCUT2D eigenvalue weighted by Crippen LogP contribution is 2.27. The summed E-state index contributed by atoms with van der Waals surface area (Å²) in [5, 5.41) is 3.90. The Morgan fingerprint density at radius 3 is 2.35 bits per heavy atom. The van der Waals surface area contributed by atoms with Crippen LogP contribution < -0.4 is 5.32 Å². The van der Waals surface area contributed by atoms with Crippen LogP contribution in [0.3, 0.4) is 0 Å². The summed E-state index contributed by atoms with van der Waals surface area (Å²) < 4.78 is 5.80. The summed E-state index contributed by atoms with van der Waals surface area (Å²) in [7, 11) is 0. The van der Waals surface area contributed by atoms with Gasteiger partial charge in [-0.15, -0.1) is 0 Å². The minimum atomic E-state index is 0.404. The van der Waals surface area contributed by atoms with E-state index in [-0.39, 0.29) is 0 Å². The lowest BCUT2D eigenvalue weighted by molar-refractivity contribution is 0.106. The molecule has 0 bridgehead atoms. The average molecular weight is 360 g/mol. The van der Waals surface area contributed by atoms with Gasteiger partial charge in [-0.1, -0.05) is 25.7 Å². The molecule has 2 aliphatic heterocycles. The maximum Gasteiger partial charge on any atom is 0.122 e. The van der Waals surface area contributed by atoms with E-state index >= 15 is 0 Å². The minimum absolute atomic E-state index is 0.404. The first kappa shape index (κ1) is 18.5. The van der Waals surface area contributed by atoms with Crippen molar-refractivity contribution in [2.75, 3.05) is 32.7 Å². The van der Waals surface area contributed by atoms with Crippen LogP contribution in [0, 0.1) is 0 Å². The number of piperidine rings is 2. The molecule has 1 unspecified atom stereocenters.